The molecule has 0 aromatic heterocycles. The van der Waals surface area contributed by atoms with Crippen LogP contribution in [0.15, 0.2) is 0 Å². The summed E-state index contributed by atoms with van der Waals surface area (Å²) in [6, 6.07) is 3.51. The number of hydrogen-bond acceptors (Lipinski definition) is 4. The molecule has 0 radical (unpaired) electrons. The predicted octanol–water partition coefficient (Wildman–Crippen LogP) is 2.05. The van der Waals surface area contributed by atoms with Gasteiger partial charge in [-0.25, -0.2) is 0 Å². The third-order valence-electron chi connectivity index (χ3n) is 5.09. The highest BCUT2D eigenvalue weighted by Crippen LogP contribution is 2.35. The number of fused-ring (bicyclic) bond motifs is 2. The Kier molecular flexibility index (Phi) is 4.03. The summed E-state index contributed by atoms with van der Waals surface area (Å²) in [6.07, 6.45) is 7.71. The molecule has 1 N–H and O–H groups in total. The number of likely N-dealkylation sites (tertiary alicyclic amines) is 1. The monoisotopic (exact) mass is 277 g/mol. The lowest BCUT2D eigenvalue weighted by Crippen LogP contribution is -2.57. The van der Waals surface area contributed by atoms with Crippen LogP contribution in [-0.4, -0.2) is 47.8 Å². The fourth-order valence-electron chi connectivity index (χ4n) is 4.32. The standard InChI is InChI=1S/C16H27N3O/c1-12(2)18-16(11-17)7-3-4-13(8-16)19-9-14-5-6-15(10-19)20-14/h12-15,18H,3-10H2,1-2H3. The van der Waals surface area contributed by atoms with E-state index in [1.807, 2.05) is 0 Å². The van der Waals surface area contributed by atoms with Gasteiger partial charge in [-0.2, -0.15) is 5.26 Å². The summed E-state index contributed by atoms with van der Waals surface area (Å²) in [4.78, 5) is 2.61. The molecule has 20 heavy (non-hydrogen) atoms. The Morgan fingerprint density at radius 2 is 1.95 bits per heavy atom. The zero-order chi connectivity index (χ0) is 14.2. The van der Waals surface area contributed by atoms with Crippen molar-refractivity contribution in [3.05, 3.63) is 0 Å². The molecule has 3 aliphatic rings. The van der Waals surface area contributed by atoms with Crippen molar-refractivity contribution in [1.29, 1.82) is 5.26 Å². The van der Waals surface area contributed by atoms with Crippen molar-refractivity contribution >= 4 is 0 Å². The molecule has 3 rings (SSSR count). The van der Waals surface area contributed by atoms with Crippen molar-refractivity contribution in [3.63, 3.8) is 0 Å². The lowest BCUT2D eigenvalue weighted by molar-refractivity contribution is -0.0610. The number of hydrogen-bond donors (Lipinski definition) is 1. The molecule has 2 aliphatic heterocycles. The number of nitriles is 1. The molecule has 4 unspecified atom stereocenters. The van der Waals surface area contributed by atoms with E-state index in [1.165, 1.54) is 19.3 Å². The quantitative estimate of drug-likeness (QED) is 0.858. The number of rotatable bonds is 3. The summed E-state index contributed by atoms with van der Waals surface area (Å²) < 4.78 is 5.94. The molecule has 4 atom stereocenters. The second-order valence-electron chi connectivity index (χ2n) is 7.15. The Bertz CT molecular complexity index is 380. The minimum Gasteiger partial charge on any atom is -0.372 e. The van der Waals surface area contributed by atoms with Crippen LogP contribution in [0.3, 0.4) is 0 Å². The van der Waals surface area contributed by atoms with E-state index < -0.39 is 0 Å². The summed E-state index contributed by atoms with van der Waals surface area (Å²) in [5.74, 6) is 0. The predicted molar refractivity (Wildman–Crippen MR) is 78.3 cm³/mol. The van der Waals surface area contributed by atoms with Crippen LogP contribution < -0.4 is 5.32 Å². The molecule has 2 saturated heterocycles. The highest BCUT2D eigenvalue weighted by molar-refractivity contribution is 5.12. The van der Waals surface area contributed by atoms with Crippen LogP contribution in [0.2, 0.25) is 0 Å². The number of ether oxygens (including phenoxy) is 1. The van der Waals surface area contributed by atoms with Gasteiger partial charge in [-0.15, -0.1) is 0 Å². The van der Waals surface area contributed by atoms with Crippen LogP contribution in [-0.2, 0) is 4.74 Å². The van der Waals surface area contributed by atoms with Crippen molar-refractivity contribution in [2.24, 2.45) is 0 Å². The third kappa shape index (κ3) is 2.86. The lowest BCUT2D eigenvalue weighted by Gasteiger charge is -2.45. The van der Waals surface area contributed by atoms with Crippen LogP contribution >= 0.6 is 0 Å². The fourth-order valence-corrected chi connectivity index (χ4v) is 4.32. The molecular weight excluding hydrogens is 250 g/mol. The van der Waals surface area contributed by atoms with Crippen LogP contribution in [0.25, 0.3) is 0 Å². The molecule has 2 heterocycles. The smallest absolute Gasteiger partial charge is 0.108 e. The number of nitrogens with one attached hydrogen (secondary N) is 1. The number of morpholine rings is 1. The minimum atomic E-state index is -0.311. The van der Waals surface area contributed by atoms with Gasteiger partial charge in [-0.1, -0.05) is 0 Å². The summed E-state index contributed by atoms with van der Waals surface area (Å²) in [6.45, 7) is 6.42. The first-order chi connectivity index (χ1) is 9.60. The van der Waals surface area contributed by atoms with Gasteiger partial charge in [-0.3, -0.25) is 10.2 Å². The van der Waals surface area contributed by atoms with Gasteiger partial charge in [0.05, 0.1) is 18.3 Å². The molecule has 0 spiro atoms. The normalized spacial score (nSPS) is 41.8. The third-order valence-corrected chi connectivity index (χ3v) is 5.09. The maximum Gasteiger partial charge on any atom is 0.108 e. The second-order valence-corrected chi connectivity index (χ2v) is 7.15. The van der Waals surface area contributed by atoms with E-state index in [2.05, 4.69) is 30.1 Å². The summed E-state index contributed by atoms with van der Waals surface area (Å²) in [5, 5.41) is 13.2. The van der Waals surface area contributed by atoms with Gasteiger partial charge < -0.3 is 4.74 Å². The molecule has 2 bridgehead atoms. The van der Waals surface area contributed by atoms with Crippen molar-refractivity contribution in [2.75, 3.05) is 13.1 Å². The highest BCUT2D eigenvalue weighted by Gasteiger charge is 2.42. The van der Waals surface area contributed by atoms with Gasteiger partial charge >= 0.3 is 0 Å². The van der Waals surface area contributed by atoms with E-state index in [1.54, 1.807) is 0 Å². The zero-order valence-corrected chi connectivity index (χ0v) is 12.8. The largest absolute Gasteiger partial charge is 0.372 e. The van der Waals surface area contributed by atoms with E-state index >= 15 is 0 Å². The molecule has 0 aromatic carbocycles. The first kappa shape index (κ1) is 14.3. The van der Waals surface area contributed by atoms with Gasteiger partial charge in [-0.05, 0) is 52.4 Å². The van der Waals surface area contributed by atoms with Gasteiger partial charge in [0.2, 0.25) is 0 Å². The lowest BCUT2D eigenvalue weighted by atomic mass is 9.78. The van der Waals surface area contributed by atoms with Crippen molar-refractivity contribution < 1.29 is 4.74 Å². The maximum atomic E-state index is 9.67. The first-order valence-electron chi connectivity index (χ1n) is 8.19. The fraction of sp³-hybridized carbons (Fsp3) is 0.938. The van der Waals surface area contributed by atoms with E-state index in [0.717, 1.165) is 32.4 Å². The van der Waals surface area contributed by atoms with Gasteiger partial charge in [0.25, 0.3) is 0 Å². The van der Waals surface area contributed by atoms with Crippen molar-refractivity contribution in [3.8, 4) is 6.07 Å². The topological polar surface area (TPSA) is 48.3 Å². The van der Waals surface area contributed by atoms with E-state index in [4.69, 9.17) is 4.74 Å². The average Bonchev–Trinajstić information content (AvgIpc) is 2.77. The maximum absolute atomic E-state index is 9.67. The van der Waals surface area contributed by atoms with Crippen molar-refractivity contribution in [2.45, 2.75) is 82.2 Å². The Labute approximate surface area is 122 Å². The van der Waals surface area contributed by atoms with Crippen LogP contribution in [0.4, 0.5) is 0 Å². The Balaban J connectivity index is 1.67. The Hall–Kier alpha value is -0.630. The molecule has 0 amide bonds. The zero-order valence-electron chi connectivity index (χ0n) is 12.8. The molecule has 4 nitrogen and oxygen atoms in total. The van der Waals surface area contributed by atoms with Crippen LogP contribution in [0.1, 0.15) is 52.4 Å². The molecule has 0 aromatic rings. The first-order valence-corrected chi connectivity index (χ1v) is 8.19. The summed E-state index contributed by atoms with van der Waals surface area (Å²) in [5.41, 5.74) is -0.311. The number of nitrogens with zero attached hydrogens (tertiary/aromatic N) is 2. The summed E-state index contributed by atoms with van der Waals surface area (Å²) >= 11 is 0. The van der Waals surface area contributed by atoms with Crippen LogP contribution in [0.5, 0.6) is 0 Å². The molecule has 1 saturated carbocycles. The van der Waals surface area contributed by atoms with E-state index in [0.29, 0.717) is 24.3 Å². The molecular formula is C16H27N3O. The average molecular weight is 277 g/mol. The second kappa shape index (κ2) is 5.63. The molecule has 1 aliphatic carbocycles. The van der Waals surface area contributed by atoms with Gasteiger partial charge in [0, 0.05) is 25.2 Å². The Morgan fingerprint density at radius 3 is 2.55 bits per heavy atom. The summed E-state index contributed by atoms with van der Waals surface area (Å²) in [7, 11) is 0. The molecule has 4 heteroatoms. The van der Waals surface area contributed by atoms with Gasteiger partial charge in [0.15, 0.2) is 0 Å². The van der Waals surface area contributed by atoms with Gasteiger partial charge in [0.1, 0.15) is 5.54 Å². The Morgan fingerprint density at radius 1 is 1.25 bits per heavy atom. The van der Waals surface area contributed by atoms with E-state index in [9.17, 15) is 5.26 Å². The molecule has 3 fully saturated rings. The van der Waals surface area contributed by atoms with E-state index in [-0.39, 0.29) is 5.54 Å². The van der Waals surface area contributed by atoms with Crippen molar-refractivity contribution in [1.82, 2.24) is 10.2 Å². The highest BCUT2D eigenvalue weighted by atomic mass is 16.5. The SMILES string of the molecule is CC(C)NC1(C#N)CCCC(N2CC3CCC(C2)O3)C1. The minimum absolute atomic E-state index is 0.311. The molecule has 112 valence electrons. The van der Waals surface area contributed by atoms with Crippen LogP contribution in [0, 0.1) is 11.3 Å².